The minimum atomic E-state index is -0.359. The van der Waals surface area contributed by atoms with Crippen molar-refractivity contribution in [3.8, 4) is 0 Å². The maximum atomic E-state index is 12.4. The number of carbonyl (C=O) groups is 1. The minimum absolute atomic E-state index is 0.0376. The second-order valence-corrected chi connectivity index (χ2v) is 5.88. The van der Waals surface area contributed by atoms with Crippen LogP contribution in [0.15, 0.2) is 30.3 Å². The predicted molar refractivity (Wildman–Crippen MR) is 79.4 cm³/mol. The summed E-state index contributed by atoms with van der Waals surface area (Å²) >= 11 is 0. The van der Waals surface area contributed by atoms with E-state index in [4.69, 9.17) is 0 Å². The largest absolute Gasteiger partial charge is 0.394 e. The molecule has 1 unspecified atom stereocenters. The van der Waals surface area contributed by atoms with Crippen LogP contribution < -0.4 is 10.6 Å². The summed E-state index contributed by atoms with van der Waals surface area (Å²) in [4.78, 5) is 12.4. The van der Waals surface area contributed by atoms with Crippen LogP contribution in [0.3, 0.4) is 0 Å². The molecule has 0 bridgehead atoms. The Balaban J connectivity index is 1.94. The molecule has 0 spiro atoms. The second kappa shape index (κ2) is 6.86. The Kier molecular flexibility index (Phi) is 5.15. The van der Waals surface area contributed by atoms with Crippen LogP contribution in [0.5, 0.6) is 0 Å². The van der Waals surface area contributed by atoms with Crippen molar-refractivity contribution in [2.75, 3.05) is 19.7 Å². The molecule has 0 saturated carbocycles. The molecule has 2 rings (SSSR count). The molecule has 4 heteroatoms. The molecule has 2 atom stereocenters. The number of hydrogen-bond acceptors (Lipinski definition) is 3. The van der Waals surface area contributed by atoms with Gasteiger partial charge in [0.25, 0.3) is 0 Å². The number of aliphatic hydroxyl groups is 1. The normalized spacial score (nSPS) is 24.1. The zero-order chi connectivity index (χ0) is 14.4. The Morgan fingerprint density at radius 2 is 2.20 bits per heavy atom. The molecule has 1 saturated heterocycles. The Labute approximate surface area is 120 Å². The SMILES string of the molecule is CC1(C(=O)N[C@@H](CO)Cc2ccccc2)CCCNC1. The summed E-state index contributed by atoms with van der Waals surface area (Å²) in [7, 11) is 0. The highest BCUT2D eigenvalue weighted by atomic mass is 16.3. The van der Waals surface area contributed by atoms with E-state index in [0.29, 0.717) is 13.0 Å². The lowest BCUT2D eigenvalue weighted by Crippen LogP contribution is -2.52. The molecule has 1 aromatic rings. The molecule has 0 aliphatic carbocycles. The predicted octanol–water partition coefficient (Wildman–Crippen LogP) is 1.10. The number of carbonyl (C=O) groups excluding carboxylic acids is 1. The third-order valence-electron chi connectivity index (χ3n) is 4.03. The van der Waals surface area contributed by atoms with E-state index in [0.717, 1.165) is 24.9 Å². The summed E-state index contributed by atoms with van der Waals surface area (Å²) in [5.41, 5.74) is 0.765. The summed E-state index contributed by atoms with van der Waals surface area (Å²) < 4.78 is 0. The number of piperidine rings is 1. The van der Waals surface area contributed by atoms with Crippen LogP contribution in [0.1, 0.15) is 25.3 Å². The molecule has 110 valence electrons. The number of hydrogen-bond donors (Lipinski definition) is 3. The molecule has 1 amide bonds. The number of aliphatic hydroxyl groups excluding tert-OH is 1. The highest BCUT2D eigenvalue weighted by Gasteiger charge is 2.35. The van der Waals surface area contributed by atoms with Crippen LogP contribution in [0.4, 0.5) is 0 Å². The summed E-state index contributed by atoms with van der Waals surface area (Å²) in [6.07, 6.45) is 2.58. The van der Waals surface area contributed by atoms with E-state index in [1.165, 1.54) is 0 Å². The third-order valence-corrected chi connectivity index (χ3v) is 4.03. The maximum absolute atomic E-state index is 12.4. The summed E-state index contributed by atoms with van der Waals surface area (Å²) in [6.45, 7) is 3.65. The minimum Gasteiger partial charge on any atom is -0.394 e. The van der Waals surface area contributed by atoms with Gasteiger partial charge in [-0.05, 0) is 38.3 Å². The maximum Gasteiger partial charge on any atom is 0.227 e. The van der Waals surface area contributed by atoms with Gasteiger partial charge >= 0.3 is 0 Å². The van der Waals surface area contributed by atoms with Crippen LogP contribution >= 0.6 is 0 Å². The summed E-state index contributed by atoms with van der Waals surface area (Å²) in [5.74, 6) is 0.0414. The van der Waals surface area contributed by atoms with Gasteiger partial charge in [0, 0.05) is 6.54 Å². The summed E-state index contributed by atoms with van der Waals surface area (Å²) in [6, 6.07) is 9.71. The summed E-state index contributed by atoms with van der Waals surface area (Å²) in [5, 5.41) is 15.8. The smallest absolute Gasteiger partial charge is 0.227 e. The lowest BCUT2D eigenvalue weighted by atomic mass is 9.81. The first kappa shape index (κ1) is 15.0. The van der Waals surface area contributed by atoms with Crippen LogP contribution in [-0.2, 0) is 11.2 Å². The zero-order valence-electron chi connectivity index (χ0n) is 12.1. The molecule has 0 aromatic heterocycles. The van der Waals surface area contributed by atoms with Gasteiger partial charge in [-0.2, -0.15) is 0 Å². The fourth-order valence-electron chi connectivity index (χ4n) is 2.67. The van der Waals surface area contributed by atoms with Crippen molar-refractivity contribution in [3.05, 3.63) is 35.9 Å². The van der Waals surface area contributed by atoms with Crippen molar-refractivity contribution in [2.45, 2.75) is 32.2 Å². The molecule has 1 heterocycles. The van der Waals surface area contributed by atoms with Crippen molar-refractivity contribution < 1.29 is 9.90 Å². The molecule has 3 N–H and O–H groups in total. The van der Waals surface area contributed by atoms with Gasteiger partial charge < -0.3 is 15.7 Å². The molecule has 1 aromatic carbocycles. The molecule has 20 heavy (non-hydrogen) atoms. The van der Waals surface area contributed by atoms with Gasteiger partial charge in [-0.1, -0.05) is 30.3 Å². The quantitative estimate of drug-likeness (QED) is 0.754. The standard InChI is InChI=1S/C16H24N2O2/c1-16(8-5-9-17-12-16)15(20)18-14(11-19)10-13-6-3-2-4-7-13/h2-4,6-7,14,17,19H,5,8-12H2,1H3,(H,18,20)/t14-,16?/m1/s1. The Bertz CT molecular complexity index is 427. The van der Waals surface area contributed by atoms with Crippen molar-refractivity contribution in [3.63, 3.8) is 0 Å². The fourth-order valence-corrected chi connectivity index (χ4v) is 2.67. The fraction of sp³-hybridized carbons (Fsp3) is 0.562. The lowest BCUT2D eigenvalue weighted by molar-refractivity contribution is -0.132. The van der Waals surface area contributed by atoms with E-state index >= 15 is 0 Å². The van der Waals surface area contributed by atoms with Gasteiger partial charge in [0.1, 0.15) is 0 Å². The highest BCUT2D eigenvalue weighted by Crippen LogP contribution is 2.25. The van der Waals surface area contributed by atoms with Crippen molar-refractivity contribution in [1.82, 2.24) is 10.6 Å². The topological polar surface area (TPSA) is 61.4 Å². The third kappa shape index (κ3) is 3.81. The Hall–Kier alpha value is -1.39. The molecule has 1 aliphatic rings. The molecule has 1 fully saturated rings. The Morgan fingerprint density at radius 1 is 1.45 bits per heavy atom. The van der Waals surface area contributed by atoms with E-state index in [2.05, 4.69) is 10.6 Å². The van der Waals surface area contributed by atoms with Gasteiger partial charge in [0.05, 0.1) is 18.1 Å². The molecular formula is C16H24N2O2. The van der Waals surface area contributed by atoms with Crippen molar-refractivity contribution in [2.24, 2.45) is 5.41 Å². The van der Waals surface area contributed by atoms with Gasteiger partial charge in [-0.3, -0.25) is 4.79 Å². The number of benzene rings is 1. The van der Waals surface area contributed by atoms with E-state index in [1.807, 2.05) is 37.3 Å². The van der Waals surface area contributed by atoms with Crippen LogP contribution in [0.25, 0.3) is 0 Å². The highest BCUT2D eigenvalue weighted by molar-refractivity contribution is 5.83. The van der Waals surface area contributed by atoms with Gasteiger partial charge in [-0.15, -0.1) is 0 Å². The van der Waals surface area contributed by atoms with Crippen LogP contribution in [0.2, 0.25) is 0 Å². The average Bonchev–Trinajstić information content (AvgIpc) is 2.48. The first-order chi connectivity index (χ1) is 9.64. The van der Waals surface area contributed by atoms with Crippen molar-refractivity contribution in [1.29, 1.82) is 0 Å². The Morgan fingerprint density at radius 3 is 2.80 bits per heavy atom. The monoisotopic (exact) mass is 276 g/mol. The van der Waals surface area contributed by atoms with E-state index in [9.17, 15) is 9.90 Å². The van der Waals surface area contributed by atoms with Crippen LogP contribution in [0, 0.1) is 5.41 Å². The first-order valence-corrected chi connectivity index (χ1v) is 7.30. The second-order valence-electron chi connectivity index (χ2n) is 5.88. The zero-order valence-corrected chi connectivity index (χ0v) is 12.1. The van der Waals surface area contributed by atoms with Gasteiger partial charge in [-0.25, -0.2) is 0 Å². The van der Waals surface area contributed by atoms with Gasteiger partial charge in [0.15, 0.2) is 0 Å². The molecule has 4 nitrogen and oxygen atoms in total. The van der Waals surface area contributed by atoms with E-state index in [-0.39, 0.29) is 24.0 Å². The number of amides is 1. The first-order valence-electron chi connectivity index (χ1n) is 7.30. The van der Waals surface area contributed by atoms with E-state index in [1.54, 1.807) is 0 Å². The van der Waals surface area contributed by atoms with Crippen molar-refractivity contribution >= 4 is 5.91 Å². The van der Waals surface area contributed by atoms with Gasteiger partial charge in [0.2, 0.25) is 5.91 Å². The van der Waals surface area contributed by atoms with E-state index < -0.39 is 0 Å². The molecule has 1 aliphatic heterocycles. The van der Waals surface area contributed by atoms with Crippen LogP contribution in [-0.4, -0.2) is 36.8 Å². The molecular weight excluding hydrogens is 252 g/mol. The lowest BCUT2D eigenvalue weighted by Gasteiger charge is -2.34. The average molecular weight is 276 g/mol. The molecule has 0 radical (unpaired) electrons. The number of nitrogens with one attached hydrogen (secondary N) is 2. The number of rotatable bonds is 5.